The van der Waals surface area contributed by atoms with Crippen molar-refractivity contribution in [1.29, 1.82) is 0 Å². The highest BCUT2D eigenvalue weighted by Gasteiger charge is 2.21. The number of carbonyl (C=O) groups is 2. The van der Waals surface area contributed by atoms with E-state index in [-0.39, 0.29) is 12.2 Å². The molecule has 0 spiro atoms. The van der Waals surface area contributed by atoms with E-state index in [2.05, 4.69) is 5.32 Å². The van der Waals surface area contributed by atoms with Gasteiger partial charge < -0.3 is 24.7 Å². The van der Waals surface area contributed by atoms with Gasteiger partial charge in [0.15, 0.2) is 6.54 Å². The molecule has 0 bridgehead atoms. The maximum Gasteiger partial charge on any atom is 0.375 e. The number of aromatic nitrogens is 1. The monoisotopic (exact) mass is 462 g/mol. The van der Waals surface area contributed by atoms with E-state index >= 15 is 0 Å². The minimum absolute atomic E-state index is 0.0134. The third-order valence-corrected chi connectivity index (χ3v) is 4.66. The number of carboxylic acid groups (broad SMARTS) is 2. The van der Waals surface area contributed by atoms with E-state index in [1.54, 1.807) is 30.5 Å². The van der Waals surface area contributed by atoms with Crippen LogP contribution in [0.2, 0.25) is 0 Å². The summed E-state index contributed by atoms with van der Waals surface area (Å²) in [5, 5.41) is 21.0. The number of benzene rings is 3. The van der Waals surface area contributed by atoms with Crippen molar-refractivity contribution in [3.8, 4) is 0 Å². The van der Waals surface area contributed by atoms with E-state index in [4.69, 9.17) is 19.4 Å². The quantitative estimate of drug-likeness (QED) is 0.408. The largest absolute Gasteiger partial charge is 0.550 e. The van der Waals surface area contributed by atoms with E-state index in [1.165, 1.54) is 12.1 Å². The Balaban J connectivity index is 0.000000751. The highest BCUT2D eigenvalue weighted by atomic mass is 19.1. The topological polar surface area (TPSA) is 106 Å². The van der Waals surface area contributed by atoms with Gasteiger partial charge in [-0.1, -0.05) is 42.5 Å². The molecule has 2 N–H and O–H groups in total. The molecule has 3 aromatic carbocycles. The molecule has 0 aliphatic heterocycles. The standard InChI is InChI=1S/C24H19FN2O3.C2H4O2/c25-19-10-11-21-22(15-19)30-23(12-13-26-20-4-2-1-3-5-20)27(21)16-18-8-6-17(7-9-18)14-24(28)29;1-2(3)4/h1-13,15H,14,16H2,(H,28,29);1H3,(H,3,4). The lowest BCUT2D eigenvalue weighted by Crippen LogP contribution is -2.35. The molecule has 1 aromatic heterocycles. The molecular formula is C26H23FN2O5. The van der Waals surface area contributed by atoms with Gasteiger partial charge in [0.25, 0.3) is 5.52 Å². The molecule has 8 heteroatoms. The number of carboxylic acids is 2. The van der Waals surface area contributed by atoms with Crippen LogP contribution in [0, 0.1) is 5.82 Å². The normalized spacial score (nSPS) is 10.6. The predicted octanol–water partition coefficient (Wildman–Crippen LogP) is 3.37. The summed E-state index contributed by atoms with van der Waals surface area (Å²) < 4.78 is 21.5. The molecule has 0 aliphatic carbocycles. The third kappa shape index (κ3) is 7.03. The highest BCUT2D eigenvalue weighted by molar-refractivity contribution is 5.70. The molecule has 0 saturated carbocycles. The predicted molar refractivity (Wildman–Crippen MR) is 123 cm³/mol. The van der Waals surface area contributed by atoms with Crippen LogP contribution in [0.15, 0.2) is 83.4 Å². The van der Waals surface area contributed by atoms with Crippen molar-refractivity contribution in [3.63, 3.8) is 0 Å². The zero-order chi connectivity index (χ0) is 24.5. The van der Waals surface area contributed by atoms with Gasteiger partial charge in [-0.25, -0.2) is 4.39 Å². The van der Waals surface area contributed by atoms with Gasteiger partial charge in [-0.05, 0) is 30.7 Å². The lowest BCUT2D eigenvalue weighted by molar-refractivity contribution is -0.669. The van der Waals surface area contributed by atoms with Crippen LogP contribution < -0.4 is 15.0 Å². The number of oxazole rings is 1. The van der Waals surface area contributed by atoms with Gasteiger partial charge in [-0.3, -0.25) is 4.79 Å². The average molecular weight is 462 g/mol. The molecule has 0 atom stereocenters. The van der Waals surface area contributed by atoms with Gasteiger partial charge in [0.1, 0.15) is 5.82 Å². The lowest BCUT2D eigenvalue weighted by Gasteiger charge is -2.01. The molecule has 0 fully saturated rings. The van der Waals surface area contributed by atoms with Crippen LogP contribution in [0.4, 0.5) is 10.1 Å². The number of para-hydroxylation sites is 1. The van der Waals surface area contributed by atoms with Crippen molar-refractivity contribution in [2.24, 2.45) is 0 Å². The van der Waals surface area contributed by atoms with Crippen LogP contribution in [-0.4, -0.2) is 17.0 Å². The fraction of sp³-hybridized carbons (Fsp3) is 0.115. The number of hydrogen-bond acceptors (Lipinski definition) is 5. The summed E-state index contributed by atoms with van der Waals surface area (Å²) in [7, 11) is 0. The van der Waals surface area contributed by atoms with Crippen molar-refractivity contribution in [3.05, 3.63) is 102 Å². The number of fused-ring (bicyclic) bond motifs is 1. The van der Waals surface area contributed by atoms with Crippen LogP contribution >= 0.6 is 0 Å². The van der Waals surface area contributed by atoms with E-state index in [1.807, 2.05) is 47.0 Å². The molecule has 0 saturated heterocycles. The van der Waals surface area contributed by atoms with Crippen molar-refractivity contribution >= 4 is 34.8 Å². The molecule has 174 valence electrons. The van der Waals surface area contributed by atoms with Crippen LogP contribution in [0.25, 0.3) is 17.2 Å². The Kier molecular flexibility index (Phi) is 8.12. The molecular weight excluding hydrogens is 439 g/mol. The molecule has 4 rings (SSSR count). The van der Waals surface area contributed by atoms with Crippen molar-refractivity contribution < 1.29 is 33.2 Å². The smallest absolute Gasteiger partial charge is 0.375 e. The summed E-state index contributed by atoms with van der Waals surface area (Å²) in [5.41, 5.74) is 3.88. The summed E-state index contributed by atoms with van der Waals surface area (Å²) in [6, 6.07) is 21.6. The highest BCUT2D eigenvalue weighted by Crippen LogP contribution is 2.18. The molecule has 34 heavy (non-hydrogen) atoms. The zero-order valence-corrected chi connectivity index (χ0v) is 18.4. The van der Waals surface area contributed by atoms with E-state index in [9.17, 15) is 9.18 Å². The van der Waals surface area contributed by atoms with Gasteiger partial charge in [0.2, 0.25) is 5.58 Å². The maximum absolute atomic E-state index is 13.7. The number of nitrogens with zero attached hydrogens (tertiary/aromatic N) is 1. The zero-order valence-electron chi connectivity index (χ0n) is 18.4. The first-order chi connectivity index (χ1) is 16.3. The first-order valence-electron chi connectivity index (χ1n) is 10.4. The van der Waals surface area contributed by atoms with Crippen LogP contribution in [0.3, 0.4) is 0 Å². The van der Waals surface area contributed by atoms with E-state index in [0.29, 0.717) is 18.0 Å². The Morgan fingerprint density at radius 3 is 2.35 bits per heavy atom. The second kappa shape index (κ2) is 11.4. The Morgan fingerprint density at radius 1 is 1.06 bits per heavy atom. The molecule has 1 heterocycles. The summed E-state index contributed by atoms with van der Waals surface area (Å²) in [6.45, 7) is 1.47. The summed E-state index contributed by atoms with van der Waals surface area (Å²) in [6.07, 6.45) is 3.56. The molecule has 0 radical (unpaired) electrons. The summed E-state index contributed by atoms with van der Waals surface area (Å²) in [5.74, 6) is -1.74. The summed E-state index contributed by atoms with van der Waals surface area (Å²) in [4.78, 5) is 19.8. The number of hydrogen-bond donors (Lipinski definition) is 2. The van der Waals surface area contributed by atoms with Crippen LogP contribution in [0.5, 0.6) is 0 Å². The SMILES string of the molecule is CC(=O)[O-].O=C(O)Cc1ccc(C[n+]2c(/C=C/Nc3ccccc3)oc3cc(F)ccc32)cc1. The van der Waals surface area contributed by atoms with Gasteiger partial charge in [0.05, 0.1) is 12.5 Å². The number of nitrogens with one attached hydrogen (secondary N) is 1. The lowest BCUT2D eigenvalue weighted by atomic mass is 10.1. The molecule has 7 nitrogen and oxygen atoms in total. The summed E-state index contributed by atoms with van der Waals surface area (Å²) >= 11 is 0. The molecule has 0 aliphatic rings. The van der Waals surface area contributed by atoms with Gasteiger partial charge in [0, 0.05) is 35.6 Å². The van der Waals surface area contributed by atoms with Crippen molar-refractivity contribution in [1.82, 2.24) is 0 Å². The van der Waals surface area contributed by atoms with Crippen LogP contribution in [-0.2, 0) is 22.6 Å². The maximum atomic E-state index is 13.7. The van der Waals surface area contributed by atoms with E-state index < -0.39 is 11.9 Å². The van der Waals surface area contributed by atoms with Gasteiger partial charge in [-0.15, -0.1) is 0 Å². The number of halogens is 1. The number of rotatable bonds is 7. The minimum atomic E-state index is -1.08. The first-order valence-corrected chi connectivity index (χ1v) is 10.4. The Labute approximate surface area is 195 Å². The fourth-order valence-electron chi connectivity index (χ4n) is 3.23. The Bertz CT molecular complexity index is 1290. The second-order valence-corrected chi connectivity index (χ2v) is 7.36. The van der Waals surface area contributed by atoms with Crippen LogP contribution in [0.1, 0.15) is 23.9 Å². The third-order valence-electron chi connectivity index (χ3n) is 4.66. The number of anilines is 1. The molecule has 4 aromatic rings. The Hall–Kier alpha value is -4.46. The second-order valence-electron chi connectivity index (χ2n) is 7.36. The van der Waals surface area contributed by atoms with Gasteiger partial charge in [-0.2, -0.15) is 4.57 Å². The van der Waals surface area contributed by atoms with Crippen molar-refractivity contribution in [2.75, 3.05) is 5.32 Å². The van der Waals surface area contributed by atoms with E-state index in [0.717, 1.165) is 29.3 Å². The minimum Gasteiger partial charge on any atom is -0.550 e. The molecule has 0 unspecified atom stereocenters. The average Bonchev–Trinajstić information content (AvgIpc) is 3.11. The molecule has 0 amide bonds. The number of carbonyl (C=O) groups excluding carboxylic acids is 1. The number of aliphatic carboxylic acids is 2. The van der Waals surface area contributed by atoms with Gasteiger partial charge >= 0.3 is 11.9 Å². The first kappa shape index (κ1) is 24.2. The Morgan fingerprint density at radius 2 is 1.71 bits per heavy atom. The van der Waals surface area contributed by atoms with Crippen molar-refractivity contribution in [2.45, 2.75) is 19.9 Å². The fourth-order valence-corrected chi connectivity index (χ4v) is 3.23.